The van der Waals surface area contributed by atoms with Gasteiger partial charge in [0.2, 0.25) is 0 Å². The molecule has 1 aliphatic rings. The molecule has 2 aromatic rings. The highest BCUT2D eigenvalue weighted by atomic mass is 16.5. The molecule has 2 aromatic carbocycles. The summed E-state index contributed by atoms with van der Waals surface area (Å²) in [5.74, 6) is 3.47. The van der Waals surface area contributed by atoms with Crippen molar-refractivity contribution in [1.82, 2.24) is 0 Å². The summed E-state index contributed by atoms with van der Waals surface area (Å²) in [6, 6.07) is 14.1. The molecule has 3 rings (SSSR count). The largest absolute Gasteiger partial charge is 0.493 e. The van der Waals surface area contributed by atoms with Crippen LogP contribution in [0.5, 0.6) is 11.5 Å². The Labute approximate surface area is 229 Å². The first-order valence-corrected chi connectivity index (χ1v) is 12.9. The molecule has 3 heteroatoms. The van der Waals surface area contributed by atoms with Crippen molar-refractivity contribution in [2.24, 2.45) is 17.8 Å². The van der Waals surface area contributed by atoms with Gasteiger partial charge in [0.15, 0.2) is 11.5 Å². The van der Waals surface area contributed by atoms with E-state index >= 15 is 0 Å². The van der Waals surface area contributed by atoms with E-state index in [1.165, 1.54) is 42.4 Å². The highest BCUT2D eigenvalue weighted by Crippen LogP contribution is 2.42. The number of carbonyl (C=O) groups is 1. The molecule has 0 saturated heterocycles. The maximum atomic E-state index is 10.3. The van der Waals surface area contributed by atoms with Gasteiger partial charge < -0.3 is 14.3 Å². The van der Waals surface area contributed by atoms with E-state index < -0.39 is 0 Å². The van der Waals surface area contributed by atoms with Crippen LogP contribution in [0.3, 0.4) is 0 Å². The van der Waals surface area contributed by atoms with Crippen LogP contribution in [0.1, 0.15) is 84.9 Å². The van der Waals surface area contributed by atoms with Crippen LogP contribution in [-0.2, 0) is 11.2 Å². The number of ether oxygens (including phenoxy) is 2. The van der Waals surface area contributed by atoms with E-state index in [0.717, 1.165) is 29.3 Å². The fourth-order valence-electron chi connectivity index (χ4n) is 4.66. The first-order chi connectivity index (χ1) is 16.8. The summed E-state index contributed by atoms with van der Waals surface area (Å²) in [4.78, 5) is 10.3. The summed E-state index contributed by atoms with van der Waals surface area (Å²) in [6.07, 6.45) is 6.62. The van der Waals surface area contributed by atoms with Crippen molar-refractivity contribution in [3.8, 4) is 11.5 Å². The summed E-state index contributed by atoms with van der Waals surface area (Å²) in [5, 5.41) is 0. The molecular formula is C34H54O3. The van der Waals surface area contributed by atoms with Crippen LogP contribution < -0.4 is 9.47 Å². The molecule has 0 aromatic heterocycles. The number of hydrogen-bond donors (Lipinski definition) is 0. The van der Waals surface area contributed by atoms with E-state index in [9.17, 15) is 4.79 Å². The minimum absolute atomic E-state index is 0. The lowest BCUT2D eigenvalue weighted by atomic mass is 9.69. The lowest BCUT2D eigenvalue weighted by Gasteiger charge is -2.36. The monoisotopic (exact) mass is 510 g/mol. The van der Waals surface area contributed by atoms with Crippen molar-refractivity contribution in [2.45, 2.75) is 81.6 Å². The van der Waals surface area contributed by atoms with E-state index in [1.54, 1.807) is 26.4 Å². The SMILES string of the molecule is C.C.C=C(C(=C)C1CCCCC1C(C)C)c1ccc(C)cc1.CC.COc1ccc(CC=O)cc1OC. The topological polar surface area (TPSA) is 35.5 Å². The highest BCUT2D eigenvalue weighted by Gasteiger charge is 2.30. The van der Waals surface area contributed by atoms with Gasteiger partial charge in [-0.1, -0.05) is 104 Å². The number of allylic oxidation sites excluding steroid dienone is 2. The lowest BCUT2D eigenvalue weighted by Crippen LogP contribution is -2.25. The van der Waals surface area contributed by atoms with Gasteiger partial charge in [-0.3, -0.25) is 0 Å². The molecule has 37 heavy (non-hydrogen) atoms. The lowest BCUT2D eigenvalue weighted by molar-refractivity contribution is -0.107. The van der Waals surface area contributed by atoms with Crippen LogP contribution in [0.25, 0.3) is 5.57 Å². The summed E-state index contributed by atoms with van der Waals surface area (Å²) in [5.41, 5.74) is 5.86. The Hall–Kier alpha value is -2.81. The zero-order valence-corrected chi connectivity index (χ0v) is 23.0. The quantitative estimate of drug-likeness (QED) is 0.262. The third-order valence-electron chi connectivity index (χ3n) is 6.68. The van der Waals surface area contributed by atoms with Crippen molar-refractivity contribution in [3.05, 3.63) is 77.9 Å². The van der Waals surface area contributed by atoms with E-state index in [-0.39, 0.29) is 14.9 Å². The standard InChI is InChI=1S/C20H28.C10H12O3.C2H6.2CH4/c1-14(2)19-8-6-7-9-20(19)17(5)16(4)18-12-10-15(3)11-13-18;1-12-9-4-3-8(5-6-11)7-10(9)13-2;1-2;;/h10-14,19-20H,4-9H2,1-3H3;3-4,6-7H,5H2,1-2H3;1-2H3;2*1H4. The maximum Gasteiger partial charge on any atom is 0.161 e. The Morgan fingerprint density at radius 1 is 0.946 bits per heavy atom. The third-order valence-corrected chi connectivity index (χ3v) is 6.68. The summed E-state index contributed by atoms with van der Waals surface area (Å²) in [7, 11) is 3.15. The molecule has 2 atom stereocenters. The number of methoxy groups -OCH3 is 2. The number of hydrogen-bond acceptors (Lipinski definition) is 3. The zero-order valence-electron chi connectivity index (χ0n) is 23.0. The third kappa shape index (κ3) is 11.0. The fraction of sp³-hybridized carbons (Fsp3) is 0.500. The summed E-state index contributed by atoms with van der Waals surface area (Å²) < 4.78 is 10.1. The van der Waals surface area contributed by atoms with Crippen molar-refractivity contribution >= 4 is 11.9 Å². The number of aryl methyl sites for hydroxylation is 1. The Balaban J connectivity index is 0. The van der Waals surface area contributed by atoms with Gasteiger partial charge in [-0.2, -0.15) is 0 Å². The number of rotatable bonds is 8. The molecule has 0 aliphatic heterocycles. The molecule has 1 saturated carbocycles. The molecule has 2 unspecified atom stereocenters. The van der Waals surface area contributed by atoms with Gasteiger partial charge in [0.25, 0.3) is 0 Å². The Morgan fingerprint density at radius 2 is 1.51 bits per heavy atom. The van der Waals surface area contributed by atoms with Crippen LogP contribution in [0.4, 0.5) is 0 Å². The zero-order chi connectivity index (χ0) is 26.4. The van der Waals surface area contributed by atoms with E-state index in [0.29, 0.717) is 23.8 Å². The first-order valence-electron chi connectivity index (χ1n) is 12.9. The Bertz CT molecular complexity index is 925. The summed E-state index contributed by atoms with van der Waals surface area (Å²) >= 11 is 0. The predicted molar refractivity (Wildman–Crippen MR) is 164 cm³/mol. The molecular weight excluding hydrogens is 456 g/mol. The number of aldehydes is 1. The minimum Gasteiger partial charge on any atom is -0.493 e. The van der Waals surface area contributed by atoms with Crippen LogP contribution in [0, 0.1) is 24.7 Å². The van der Waals surface area contributed by atoms with Crippen molar-refractivity contribution < 1.29 is 14.3 Å². The first kappa shape index (κ1) is 36.3. The molecule has 1 aliphatic carbocycles. The fourth-order valence-corrected chi connectivity index (χ4v) is 4.66. The molecule has 0 bridgehead atoms. The van der Waals surface area contributed by atoms with E-state index in [1.807, 2.05) is 19.9 Å². The maximum absolute atomic E-state index is 10.3. The van der Waals surface area contributed by atoms with Gasteiger partial charge in [0.05, 0.1) is 14.2 Å². The second-order valence-electron chi connectivity index (χ2n) is 9.23. The molecule has 0 heterocycles. The van der Waals surface area contributed by atoms with Crippen LogP contribution in [0.15, 0.2) is 61.2 Å². The average molecular weight is 511 g/mol. The molecule has 0 spiro atoms. The minimum atomic E-state index is 0. The normalized spacial score (nSPS) is 15.8. The van der Waals surface area contributed by atoms with Gasteiger partial charge in [-0.25, -0.2) is 0 Å². The van der Waals surface area contributed by atoms with Crippen LogP contribution in [0.2, 0.25) is 0 Å². The molecule has 0 N–H and O–H groups in total. The molecule has 0 radical (unpaired) electrons. The predicted octanol–water partition coefficient (Wildman–Crippen LogP) is 9.77. The van der Waals surface area contributed by atoms with Gasteiger partial charge in [0.1, 0.15) is 6.29 Å². The molecule has 208 valence electrons. The van der Waals surface area contributed by atoms with Gasteiger partial charge in [0, 0.05) is 6.42 Å². The molecule has 3 nitrogen and oxygen atoms in total. The second-order valence-corrected chi connectivity index (χ2v) is 9.23. The highest BCUT2D eigenvalue weighted by molar-refractivity contribution is 5.77. The van der Waals surface area contributed by atoms with E-state index in [2.05, 4.69) is 58.2 Å². The van der Waals surface area contributed by atoms with Crippen LogP contribution >= 0.6 is 0 Å². The van der Waals surface area contributed by atoms with Gasteiger partial charge in [-0.05, 0) is 71.9 Å². The van der Waals surface area contributed by atoms with Crippen molar-refractivity contribution in [2.75, 3.05) is 14.2 Å². The van der Waals surface area contributed by atoms with Gasteiger partial charge >= 0.3 is 0 Å². The van der Waals surface area contributed by atoms with E-state index in [4.69, 9.17) is 9.47 Å². The Morgan fingerprint density at radius 3 is 2.03 bits per heavy atom. The van der Waals surface area contributed by atoms with Crippen molar-refractivity contribution in [1.29, 1.82) is 0 Å². The number of benzene rings is 2. The summed E-state index contributed by atoms with van der Waals surface area (Å²) in [6.45, 7) is 19.6. The molecule has 0 amide bonds. The van der Waals surface area contributed by atoms with Gasteiger partial charge in [-0.15, -0.1) is 0 Å². The second kappa shape index (κ2) is 19.3. The smallest absolute Gasteiger partial charge is 0.161 e. The molecule has 1 fully saturated rings. The average Bonchev–Trinajstić information content (AvgIpc) is 2.90. The van der Waals surface area contributed by atoms with Crippen LogP contribution in [-0.4, -0.2) is 20.5 Å². The van der Waals surface area contributed by atoms with Crippen molar-refractivity contribution in [3.63, 3.8) is 0 Å². The Kier molecular flexibility index (Phi) is 19.0. The number of carbonyl (C=O) groups excluding carboxylic acids is 1.